The van der Waals surface area contributed by atoms with Crippen LogP contribution in [-0.4, -0.2) is 21.9 Å². The molecule has 0 saturated heterocycles. The summed E-state index contributed by atoms with van der Waals surface area (Å²) >= 11 is 0. The molecule has 3 N–H and O–H groups in total. The van der Waals surface area contributed by atoms with E-state index in [1.54, 1.807) is 6.33 Å². The number of benzene rings is 1. The van der Waals surface area contributed by atoms with E-state index in [1.165, 1.54) is 19.8 Å². The van der Waals surface area contributed by atoms with Crippen LogP contribution in [0.2, 0.25) is 0 Å². The molecule has 0 aliphatic heterocycles. The first kappa shape index (κ1) is 13.4. The molecule has 1 heterocycles. The van der Waals surface area contributed by atoms with E-state index >= 15 is 0 Å². The molecule has 2 aromatic rings. The Morgan fingerprint density at radius 2 is 1.76 bits per heavy atom. The fourth-order valence-electron chi connectivity index (χ4n) is 1.93. The molecule has 3 rings (SSSR count). The first-order valence-corrected chi connectivity index (χ1v) is 6.92. The number of aromatic nitrogens is 2. The highest BCUT2D eigenvalue weighted by molar-refractivity contribution is 5.88. The zero-order chi connectivity index (χ0) is 14.7. The number of amides is 1. The number of anilines is 4. The molecule has 0 atom stereocenters. The predicted octanol–water partition coefficient (Wildman–Crippen LogP) is 2.75. The van der Waals surface area contributed by atoms with Gasteiger partial charge in [0.05, 0.1) is 0 Å². The quantitative estimate of drug-likeness (QED) is 0.786. The van der Waals surface area contributed by atoms with E-state index in [0.717, 1.165) is 23.0 Å². The third-order valence-corrected chi connectivity index (χ3v) is 3.07. The Balaban J connectivity index is 1.66. The van der Waals surface area contributed by atoms with Crippen molar-refractivity contribution in [3.63, 3.8) is 0 Å². The summed E-state index contributed by atoms with van der Waals surface area (Å²) in [6.45, 7) is 1.49. The maximum atomic E-state index is 11.0. The van der Waals surface area contributed by atoms with Crippen LogP contribution in [0.5, 0.6) is 0 Å². The number of nitrogens with one attached hydrogen (secondary N) is 3. The van der Waals surface area contributed by atoms with Crippen molar-refractivity contribution in [2.45, 2.75) is 25.8 Å². The molecule has 1 aliphatic carbocycles. The van der Waals surface area contributed by atoms with Gasteiger partial charge in [0.15, 0.2) is 0 Å². The van der Waals surface area contributed by atoms with Crippen LogP contribution in [0, 0.1) is 0 Å². The molecule has 21 heavy (non-hydrogen) atoms. The SMILES string of the molecule is CC(=O)Nc1ccc(Nc2cc(NC3CC3)ncn2)cc1. The highest BCUT2D eigenvalue weighted by atomic mass is 16.1. The van der Waals surface area contributed by atoms with Gasteiger partial charge < -0.3 is 16.0 Å². The van der Waals surface area contributed by atoms with Gasteiger partial charge in [-0.15, -0.1) is 0 Å². The minimum Gasteiger partial charge on any atom is -0.367 e. The molecule has 0 radical (unpaired) electrons. The molecule has 108 valence electrons. The van der Waals surface area contributed by atoms with Gasteiger partial charge in [0.25, 0.3) is 0 Å². The fraction of sp³-hybridized carbons (Fsp3) is 0.267. The minimum absolute atomic E-state index is 0.0812. The summed E-state index contributed by atoms with van der Waals surface area (Å²) in [5, 5.41) is 9.28. The lowest BCUT2D eigenvalue weighted by atomic mass is 10.2. The van der Waals surface area contributed by atoms with Crippen LogP contribution < -0.4 is 16.0 Å². The van der Waals surface area contributed by atoms with Crippen molar-refractivity contribution in [3.8, 4) is 0 Å². The number of carbonyl (C=O) groups excluding carboxylic acids is 1. The summed E-state index contributed by atoms with van der Waals surface area (Å²) in [7, 11) is 0. The van der Waals surface area contributed by atoms with E-state index in [2.05, 4.69) is 25.9 Å². The first-order chi connectivity index (χ1) is 10.2. The minimum atomic E-state index is -0.0812. The lowest BCUT2D eigenvalue weighted by molar-refractivity contribution is -0.114. The number of hydrogen-bond acceptors (Lipinski definition) is 5. The van der Waals surface area contributed by atoms with Crippen LogP contribution in [0.3, 0.4) is 0 Å². The van der Waals surface area contributed by atoms with Crippen LogP contribution in [-0.2, 0) is 4.79 Å². The molecule has 0 bridgehead atoms. The molecule has 1 aromatic heterocycles. The van der Waals surface area contributed by atoms with E-state index < -0.39 is 0 Å². The molecule has 6 heteroatoms. The third-order valence-electron chi connectivity index (χ3n) is 3.07. The number of rotatable bonds is 5. The Morgan fingerprint density at radius 3 is 2.43 bits per heavy atom. The van der Waals surface area contributed by atoms with E-state index in [-0.39, 0.29) is 5.91 Å². The maximum absolute atomic E-state index is 11.0. The van der Waals surface area contributed by atoms with Gasteiger partial charge in [-0.05, 0) is 37.1 Å². The summed E-state index contributed by atoms with van der Waals surface area (Å²) in [4.78, 5) is 19.4. The topological polar surface area (TPSA) is 78.9 Å². The van der Waals surface area contributed by atoms with Crippen LogP contribution in [0.25, 0.3) is 0 Å². The van der Waals surface area contributed by atoms with Crippen LogP contribution in [0.1, 0.15) is 19.8 Å². The molecule has 1 fully saturated rings. The summed E-state index contributed by atoms with van der Waals surface area (Å²) < 4.78 is 0. The van der Waals surface area contributed by atoms with E-state index in [4.69, 9.17) is 0 Å². The predicted molar refractivity (Wildman–Crippen MR) is 82.7 cm³/mol. The van der Waals surface area contributed by atoms with E-state index in [0.29, 0.717) is 6.04 Å². The highest BCUT2D eigenvalue weighted by Crippen LogP contribution is 2.25. The lowest BCUT2D eigenvalue weighted by Gasteiger charge is -2.09. The third kappa shape index (κ3) is 3.92. The zero-order valence-electron chi connectivity index (χ0n) is 11.8. The molecular weight excluding hydrogens is 266 g/mol. The summed E-state index contributed by atoms with van der Waals surface area (Å²) in [5.41, 5.74) is 1.67. The summed E-state index contributed by atoms with van der Waals surface area (Å²) in [6, 6.07) is 9.91. The normalized spacial score (nSPS) is 13.6. The Hall–Kier alpha value is -2.63. The Bertz CT molecular complexity index is 637. The lowest BCUT2D eigenvalue weighted by Crippen LogP contribution is -2.06. The molecule has 0 spiro atoms. The van der Waals surface area contributed by atoms with Crippen molar-refractivity contribution in [2.24, 2.45) is 0 Å². The van der Waals surface area contributed by atoms with Crippen molar-refractivity contribution in [1.29, 1.82) is 0 Å². The van der Waals surface area contributed by atoms with Gasteiger partial charge in [-0.1, -0.05) is 0 Å². The van der Waals surface area contributed by atoms with Crippen molar-refractivity contribution in [1.82, 2.24) is 9.97 Å². The van der Waals surface area contributed by atoms with Gasteiger partial charge >= 0.3 is 0 Å². The molecule has 1 saturated carbocycles. The summed E-state index contributed by atoms with van der Waals surface area (Å²) in [5.74, 6) is 1.49. The van der Waals surface area contributed by atoms with Crippen molar-refractivity contribution < 1.29 is 4.79 Å². The molecule has 6 nitrogen and oxygen atoms in total. The van der Waals surface area contributed by atoms with Crippen LogP contribution >= 0.6 is 0 Å². The highest BCUT2D eigenvalue weighted by Gasteiger charge is 2.21. The van der Waals surface area contributed by atoms with Crippen molar-refractivity contribution >= 4 is 28.9 Å². The van der Waals surface area contributed by atoms with E-state index in [9.17, 15) is 4.79 Å². The molecule has 1 amide bonds. The standard InChI is InChI=1S/C15H17N5O/c1-10(21)18-11-2-4-12(5-3-11)19-14-8-15(17-9-16-14)20-13-6-7-13/h2-5,8-9,13H,6-7H2,1H3,(H,18,21)(H2,16,17,19,20). The number of carbonyl (C=O) groups is 1. The van der Waals surface area contributed by atoms with E-state index in [1.807, 2.05) is 30.3 Å². The monoisotopic (exact) mass is 283 g/mol. The molecule has 1 aliphatic rings. The van der Waals surface area contributed by atoms with Gasteiger partial charge in [-0.3, -0.25) is 4.79 Å². The second-order valence-electron chi connectivity index (χ2n) is 5.09. The van der Waals surface area contributed by atoms with Gasteiger partial charge in [-0.25, -0.2) is 9.97 Å². The van der Waals surface area contributed by atoms with Gasteiger partial charge in [0.2, 0.25) is 5.91 Å². The van der Waals surface area contributed by atoms with Crippen LogP contribution in [0.15, 0.2) is 36.7 Å². The smallest absolute Gasteiger partial charge is 0.221 e. The molecule has 0 unspecified atom stereocenters. The number of nitrogens with zero attached hydrogens (tertiary/aromatic N) is 2. The van der Waals surface area contributed by atoms with Crippen LogP contribution in [0.4, 0.5) is 23.0 Å². The second kappa shape index (κ2) is 5.78. The fourth-order valence-corrected chi connectivity index (χ4v) is 1.93. The first-order valence-electron chi connectivity index (χ1n) is 6.92. The Labute approximate surface area is 123 Å². The maximum Gasteiger partial charge on any atom is 0.221 e. The van der Waals surface area contributed by atoms with Gasteiger partial charge in [-0.2, -0.15) is 0 Å². The van der Waals surface area contributed by atoms with Gasteiger partial charge in [0.1, 0.15) is 18.0 Å². The number of hydrogen-bond donors (Lipinski definition) is 3. The molecular formula is C15H17N5O. The second-order valence-corrected chi connectivity index (χ2v) is 5.09. The average Bonchev–Trinajstić information content (AvgIpc) is 3.25. The zero-order valence-corrected chi connectivity index (χ0v) is 11.8. The Morgan fingerprint density at radius 1 is 1.10 bits per heavy atom. The average molecular weight is 283 g/mol. The summed E-state index contributed by atoms with van der Waals surface area (Å²) in [6.07, 6.45) is 3.95. The largest absolute Gasteiger partial charge is 0.367 e. The van der Waals surface area contributed by atoms with Crippen molar-refractivity contribution in [2.75, 3.05) is 16.0 Å². The van der Waals surface area contributed by atoms with Crippen molar-refractivity contribution in [3.05, 3.63) is 36.7 Å². The Kier molecular flexibility index (Phi) is 3.68. The molecule has 1 aromatic carbocycles. The van der Waals surface area contributed by atoms with Gasteiger partial charge in [0, 0.05) is 30.4 Å².